The zero-order valence-corrected chi connectivity index (χ0v) is 20.7. The second kappa shape index (κ2) is 14.1. The van der Waals surface area contributed by atoms with E-state index in [1.54, 1.807) is 37.3 Å². The molecule has 0 amide bonds. The quantitative estimate of drug-likeness (QED) is 0.154. The SMILES string of the molecule is CCOC(=O)CCc1ccc(OCc2ccc(O/C(=N\OC)c3ccccc3)cc2)cc1OCC(=O)O. The lowest BCUT2D eigenvalue weighted by Gasteiger charge is -2.13. The topological polar surface area (TPSA) is 113 Å². The number of hydrogen-bond acceptors (Lipinski definition) is 8. The van der Waals surface area contributed by atoms with Crippen molar-refractivity contribution in [3.8, 4) is 17.2 Å². The third-order valence-corrected chi connectivity index (χ3v) is 5.03. The number of carboxylic acid groups (broad SMARTS) is 1. The molecular weight excluding hydrogens is 478 g/mol. The molecule has 1 N–H and O–H groups in total. The molecule has 0 bridgehead atoms. The summed E-state index contributed by atoms with van der Waals surface area (Å²) in [6.45, 7) is 1.80. The average Bonchev–Trinajstić information content (AvgIpc) is 2.91. The van der Waals surface area contributed by atoms with Gasteiger partial charge < -0.3 is 28.9 Å². The summed E-state index contributed by atoms with van der Waals surface area (Å²) in [5.74, 6) is 0.334. The molecule has 0 fully saturated rings. The van der Waals surface area contributed by atoms with Crippen molar-refractivity contribution in [1.82, 2.24) is 0 Å². The lowest BCUT2D eigenvalue weighted by molar-refractivity contribution is -0.143. The van der Waals surface area contributed by atoms with Crippen molar-refractivity contribution in [1.29, 1.82) is 0 Å². The molecule has 3 aromatic carbocycles. The third kappa shape index (κ3) is 8.88. The van der Waals surface area contributed by atoms with E-state index in [0.717, 1.165) is 11.1 Å². The average molecular weight is 508 g/mol. The minimum atomic E-state index is -1.10. The summed E-state index contributed by atoms with van der Waals surface area (Å²) in [5, 5.41) is 12.9. The van der Waals surface area contributed by atoms with Gasteiger partial charge in [-0.25, -0.2) is 4.79 Å². The Bertz CT molecular complexity index is 1190. The first kappa shape index (κ1) is 27.1. The molecule has 0 unspecified atom stereocenters. The van der Waals surface area contributed by atoms with Gasteiger partial charge in [0.15, 0.2) is 6.61 Å². The highest BCUT2D eigenvalue weighted by Crippen LogP contribution is 2.27. The van der Waals surface area contributed by atoms with Crippen LogP contribution in [-0.4, -0.2) is 43.3 Å². The lowest BCUT2D eigenvalue weighted by Crippen LogP contribution is -2.11. The molecule has 0 aliphatic heterocycles. The van der Waals surface area contributed by atoms with Crippen LogP contribution in [-0.2, 0) is 32.2 Å². The van der Waals surface area contributed by atoms with Crippen LogP contribution in [0, 0.1) is 0 Å². The Hall–Kier alpha value is -4.53. The molecule has 0 saturated heterocycles. The van der Waals surface area contributed by atoms with Gasteiger partial charge in [0, 0.05) is 18.1 Å². The van der Waals surface area contributed by atoms with E-state index in [0.29, 0.717) is 41.7 Å². The maximum absolute atomic E-state index is 11.7. The summed E-state index contributed by atoms with van der Waals surface area (Å²) in [4.78, 5) is 27.6. The molecule has 3 rings (SSSR count). The Labute approximate surface area is 215 Å². The standard InChI is InChI=1S/C28H29NO8/c1-3-34-27(32)16-12-21-11-15-24(17-25(21)36-19-26(30)31)35-18-20-9-13-23(14-10-20)37-28(29-33-2)22-7-5-4-6-8-22/h4-11,13-15,17H,3,12,16,18-19H2,1-2H3,(H,30,31)/b29-28-. The summed E-state index contributed by atoms with van der Waals surface area (Å²) in [7, 11) is 1.46. The van der Waals surface area contributed by atoms with E-state index in [2.05, 4.69) is 5.16 Å². The molecule has 0 spiro atoms. The number of rotatable bonds is 13. The smallest absolute Gasteiger partial charge is 0.341 e. The van der Waals surface area contributed by atoms with E-state index in [1.807, 2.05) is 42.5 Å². The van der Waals surface area contributed by atoms with E-state index in [9.17, 15) is 9.59 Å². The summed E-state index contributed by atoms with van der Waals surface area (Å²) >= 11 is 0. The summed E-state index contributed by atoms with van der Waals surface area (Å²) in [6.07, 6.45) is 0.514. The number of nitrogens with zero attached hydrogens (tertiary/aromatic N) is 1. The molecule has 37 heavy (non-hydrogen) atoms. The van der Waals surface area contributed by atoms with Crippen LogP contribution in [0.3, 0.4) is 0 Å². The highest BCUT2D eigenvalue weighted by molar-refractivity contribution is 5.95. The van der Waals surface area contributed by atoms with Crippen LogP contribution < -0.4 is 14.2 Å². The van der Waals surface area contributed by atoms with Crippen LogP contribution in [0.4, 0.5) is 0 Å². The van der Waals surface area contributed by atoms with Gasteiger partial charge in [-0.2, -0.15) is 0 Å². The van der Waals surface area contributed by atoms with Crippen molar-refractivity contribution in [2.45, 2.75) is 26.4 Å². The molecule has 3 aromatic rings. The fraction of sp³-hybridized carbons (Fsp3) is 0.250. The van der Waals surface area contributed by atoms with Crippen molar-refractivity contribution < 1.29 is 38.5 Å². The molecule has 9 heteroatoms. The minimum Gasteiger partial charge on any atom is -0.489 e. The first-order valence-corrected chi connectivity index (χ1v) is 11.7. The number of carboxylic acids is 1. The van der Waals surface area contributed by atoms with E-state index < -0.39 is 12.6 Å². The van der Waals surface area contributed by atoms with Crippen LogP contribution in [0.1, 0.15) is 30.0 Å². The molecule has 0 aliphatic carbocycles. The Morgan fingerprint density at radius 1 is 0.919 bits per heavy atom. The Kier molecular flexibility index (Phi) is 10.3. The van der Waals surface area contributed by atoms with Gasteiger partial charge in [-0.05, 0) is 60.0 Å². The van der Waals surface area contributed by atoms with E-state index in [-0.39, 0.29) is 19.0 Å². The third-order valence-electron chi connectivity index (χ3n) is 5.03. The molecule has 0 heterocycles. The number of hydrogen-bond donors (Lipinski definition) is 1. The molecule has 0 aliphatic rings. The number of benzene rings is 3. The maximum Gasteiger partial charge on any atom is 0.341 e. The van der Waals surface area contributed by atoms with Crippen LogP contribution in [0.25, 0.3) is 0 Å². The van der Waals surface area contributed by atoms with Gasteiger partial charge in [-0.1, -0.05) is 36.4 Å². The summed E-state index contributed by atoms with van der Waals surface area (Å²) in [5.41, 5.74) is 2.36. The Morgan fingerprint density at radius 2 is 1.65 bits per heavy atom. The van der Waals surface area contributed by atoms with E-state index in [1.165, 1.54) is 7.11 Å². The van der Waals surface area contributed by atoms with Gasteiger partial charge in [0.05, 0.1) is 6.61 Å². The monoisotopic (exact) mass is 507 g/mol. The van der Waals surface area contributed by atoms with Gasteiger partial charge in [-0.3, -0.25) is 4.79 Å². The first-order chi connectivity index (χ1) is 18.0. The second-order valence-corrected chi connectivity index (χ2v) is 7.74. The summed E-state index contributed by atoms with van der Waals surface area (Å²) < 4.78 is 22.1. The molecule has 0 saturated carbocycles. The Balaban J connectivity index is 1.63. The normalized spacial score (nSPS) is 10.9. The molecule has 0 aromatic heterocycles. The number of aliphatic carboxylic acids is 1. The molecular formula is C28H29NO8. The summed E-state index contributed by atoms with van der Waals surface area (Å²) in [6, 6.07) is 21.9. The molecule has 0 radical (unpaired) electrons. The van der Waals surface area contributed by atoms with Gasteiger partial charge in [0.1, 0.15) is 31.0 Å². The van der Waals surface area contributed by atoms with Crippen LogP contribution in [0.5, 0.6) is 17.2 Å². The van der Waals surface area contributed by atoms with Crippen molar-refractivity contribution in [2.24, 2.45) is 5.16 Å². The van der Waals surface area contributed by atoms with E-state index in [4.69, 9.17) is 28.9 Å². The highest BCUT2D eigenvalue weighted by atomic mass is 16.6. The first-order valence-electron chi connectivity index (χ1n) is 11.7. The van der Waals surface area contributed by atoms with Gasteiger partial charge >= 0.3 is 11.9 Å². The predicted molar refractivity (Wildman–Crippen MR) is 136 cm³/mol. The molecule has 9 nitrogen and oxygen atoms in total. The van der Waals surface area contributed by atoms with Crippen molar-refractivity contribution >= 4 is 17.8 Å². The number of ether oxygens (including phenoxy) is 4. The fourth-order valence-electron chi connectivity index (χ4n) is 3.30. The number of oxime groups is 1. The van der Waals surface area contributed by atoms with Crippen LogP contribution in [0.15, 0.2) is 78.0 Å². The van der Waals surface area contributed by atoms with Crippen molar-refractivity contribution in [2.75, 3.05) is 20.3 Å². The van der Waals surface area contributed by atoms with Gasteiger partial charge in [0.2, 0.25) is 0 Å². The zero-order chi connectivity index (χ0) is 26.5. The second-order valence-electron chi connectivity index (χ2n) is 7.74. The largest absolute Gasteiger partial charge is 0.489 e. The highest BCUT2D eigenvalue weighted by Gasteiger charge is 2.12. The number of carbonyl (C=O) groups is 2. The number of aryl methyl sites for hydroxylation is 1. The van der Waals surface area contributed by atoms with Crippen molar-refractivity contribution in [3.63, 3.8) is 0 Å². The van der Waals surface area contributed by atoms with E-state index >= 15 is 0 Å². The van der Waals surface area contributed by atoms with Crippen LogP contribution >= 0.6 is 0 Å². The fourth-order valence-corrected chi connectivity index (χ4v) is 3.30. The predicted octanol–water partition coefficient (Wildman–Crippen LogP) is 4.61. The number of esters is 1. The van der Waals surface area contributed by atoms with Crippen LogP contribution in [0.2, 0.25) is 0 Å². The van der Waals surface area contributed by atoms with Crippen molar-refractivity contribution in [3.05, 3.63) is 89.5 Å². The zero-order valence-electron chi connectivity index (χ0n) is 20.7. The Morgan fingerprint density at radius 3 is 2.32 bits per heavy atom. The molecule has 0 atom stereocenters. The maximum atomic E-state index is 11.7. The van der Waals surface area contributed by atoms with Gasteiger partial charge in [-0.15, -0.1) is 0 Å². The lowest BCUT2D eigenvalue weighted by atomic mass is 10.1. The van der Waals surface area contributed by atoms with Gasteiger partial charge in [0.25, 0.3) is 5.90 Å². The minimum absolute atomic E-state index is 0.160. The number of carbonyl (C=O) groups excluding carboxylic acids is 1. The molecule has 194 valence electrons.